The lowest BCUT2D eigenvalue weighted by Crippen LogP contribution is -2.39. The molecule has 0 saturated carbocycles. The number of β-amino-alcohol motifs (C(OH)–C–C–N with tert-alkyl or cyclic N) is 1. The van der Waals surface area contributed by atoms with Gasteiger partial charge in [0, 0.05) is 10.6 Å². The van der Waals surface area contributed by atoms with Gasteiger partial charge in [-0.1, -0.05) is 29.8 Å². The normalized spacial score (nSPS) is 13.2. The third-order valence-corrected chi connectivity index (χ3v) is 2.83. The molecule has 0 heterocycles. The fourth-order valence-electron chi connectivity index (χ4n) is 1.44. The summed E-state index contributed by atoms with van der Waals surface area (Å²) < 4.78 is 0. The molecule has 1 N–H and O–H groups in total. The maximum Gasteiger partial charge on any atom is 0.0997 e. The SMILES string of the molecule is CC(C)(C)N(CC(O)c1ccccc1Cl)N=O. The summed E-state index contributed by atoms with van der Waals surface area (Å²) in [6.45, 7) is 5.69. The number of hydrogen-bond acceptors (Lipinski definition) is 3. The van der Waals surface area contributed by atoms with E-state index in [1.807, 2.05) is 20.8 Å². The Morgan fingerprint density at radius 3 is 2.47 bits per heavy atom. The number of nitrogens with zero attached hydrogens (tertiary/aromatic N) is 2. The summed E-state index contributed by atoms with van der Waals surface area (Å²) >= 11 is 5.97. The van der Waals surface area contributed by atoms with E-state index < -0.39 is 11.6 Å². The number of aliphatic hydroxyl groups excluding tert-OH is 1. The minimum absolute atomic E-state index is 0.122. The van der Waals surface area contributed by atoms with Gasteiger partial charge < -0.3 is 5.11 Å². The van der Waals surface area contributed by atoms with Gasteiger partial charge in [0.15, 0.2) is 0 Å². The highest BCUT2D eigenvalue weighted by Gasteiger charge is 2.25. The maximum atomic E-state index is 10.7. The van der Waals surface area contributed by atoms with E-state index in [9.17, 15) is 10.0 Å². The quantitative estimate of drug-likeness (QED) is 0.665. The number of hydrogen-bond donors (Lipinski definition) is 1. The van der Waals surface area contributed by atoms with Gasteiger partial charge >= 0.3 is 0 Å². The Kier molecular flexibility index (Phi) is 4.48. The van der Waals surface area contributed by atoms with E-state index in [4.69, 9.17) is 11.6 Å². The van der Waals surface area contributed by atoms with Crippen molar-refractivity contribution in [2.75, 3.05) is 6.54 Å². The Balaban J connectivity index is 2.82. The van der Waals surface area contributed by atoms with Gasteiger partial charge in [0.05, 0.1) is 23.5 Å². The lowest BCUT2D eigenvalue weighted by molar-refractivity contribution is 0.0592. The average molecular weight is 257 g/mol. The average Bonchev–Trinajstić information content (AvgIpc) is 2.24. The molecule has 0 amide bonds. The fraction of sp³-hybridized carbons (Fsp3) is 0.500. The number of rotatable bonds is 4. The van der Waals surface area contributed by atoms with Crippen molar-refractivity contribution >= 4 is 11.6 Å². The molecule has 0 radical (unpaired) electrons. The molecule has 4 nitrogen and oxygen atoms in total. The third-order valence-electron chi connectivity index (χ3n) is 2.48. The van der Waals surface area contributed by atoms with Crippen LogP contribution in [0.25, 0.3) is 0 Å². The van der Waals surface area contributed by atoms with E-state index in [1.165, 1.54) is 5.01 Å². The molecular formula is C12H17ClN2O2. The first-order valence-electron chi connectivity index (χ1n) is 5.39. The molecule has 1 atom stereocenters. The Morgan fingerprint density at radius 2 is 2.00 bits per heavy atom. The first-order valence-corrected chi connectivity index (χ1v) is 5.77. The largest absolute Gasteiger partial charge is 0.386 e. The number of aliphatic hydroxyl groups is 1. The molecule has 1 unspecified atom stereocenters. The van der Waals surface area contributed by atoms with Crippen LogP contribution in [-0.4, -0.2) is 22.2 Å². The van der Waals surface area contributed by atoms with E-state index in [2.05, 4.69) is 5.29 Å². The Labute approximate surface area is 106 Å². The molecule has 0 aliphatic carbocycles. The Bertz CT molecular complexity index is 390. The van der Waals surface area contributed by atoms with E-state index in [0.29, 0.717) is 10.6 Å². The zero-order chi connectivity index (χ0) is 13.1. The van der Waals surface area contributed by atoms with Gasteiger partial charge in [-0.3, -0.25) is 5.01 Å². The second kappa shape index (κ2) is 5.47. The van der Waals surface area contributed by atoms with Crippen molar-refractivity contribution in [2.45, 2.75) is 32.4 Å². The Hall–Kier alpha value is -1.13. The van der Waals surface area contributed by atoms with Crippen LogP contribution in [0.5, 0.6) is 0 Å². The van der Waals surface area contributed by atoms with Crippen LogP contribution < -0.4 is 0 Å². The first-order chi connectivity index (χ1) is 7.86. The molecule has 5 heteroatoms. The number of halogens is 1. The molecule has 0 spiro atoms. The summed E-state index contributed by atoms with van der Waals surface area (Å²) in [5.41, 5.74) is 0.177. The second-order valence-electron chi connectivity index (χ2n) is 4.87. The predicted molar refractivity (Wildman–Crippen MR) is 68.7 cm³/mol. The van der Waals surface area contributed by atoms with E-state index >= 15 is 0 Å². The summed E-state index contributed by atoms with van der Waals surface area (Å²) in [6.07, 6.45) is -0.833. The van der Waals surface area contributed by atoms with Crippen LogP contribution in [0.2, 0.25) is 5.02 Å². The number of nitroso groups, excluding NO2 is 1. The molecule has 0 aliphatic rings. The van der Waals surface area contributed by atoms with Crippen LogP contribution in [0.3, 0.4) is 0 Å². The van der Waals surface area contributed by atoms with Crippen molar-refractivity contribution in [3.63, 3.8) is 0 Å². The van der Waals surface area contributed by atoms with Crippen molar-refractivity contribution in [3.8, 4) is 0 Å². The standard InChI is InChI=1S/C12H17ClN2O2/c1-12(2,3)15(14-17)8-11(16)9-6-4-5-7-10(9)13/h4-7,11,16H,8H2,1-3H3. The molecule has 17 heavy (non-hydrogen) atoms. The summed E-state index contributed by atoms with van der Waals surface area (Å²) in [7, 11) is 0. The van der Waals surface area contributed by atoms with Crippen LogP contribution in [0.1, 0.15) is 32.4 Å². The van der Waals surface area contributed by atoms with Gasteiger partial charge in [0.1, 0.15) is 0 Å². The van der Waals surface area contributed by atoms with Gasteiger partial charge in [-0.25, -0.2) is 0 Å². The molecule has 0 aromatic heterocycles. The number of benzene rings is 1. The second-order valence-corrected chi connectivity index (χ2v) is 5.28. The van der Waals surface area contributed by atoms with E-state index in [0.717, 1.165) is 0 Å². The highest BCUT2D eigenvalue weighted by Crippen LogP contribution is 2.25. The molecule has 1 aromatic carbocycles. The fourth-order valence-corrected chi connectivity index (χ4v) is 1.70. The zero-order valence-electron chi connectivity index (χ0n) is 10.2. The maximum absolute atomic E-state index is 10.7. The van der Waals surface area contributed by atoms with Gasteiger partial charge in [-0.2, -0.15) is 0 Å². The minimum Gasteiger partial charge on any atom is -0.386 e. The van der Waals surface area contributed by atoms with Crippen LogP contribution >= 0.6 is 11.6 Å². The minimum atomic E-state index is -0.833. The molecule has 1 aromatic rings. The highest BCUT2D eigenvalue weighted by molar-refractivity contribution is 6.31. The zero-order valence-corrected chi connectivity index (χ0v) is 11.0. The topological polar surface area (TPSA) is 52.9 Å². The van der Waals surface area contributed by atoms with Gasteiger partial charge in [0.25, 0.3) is 0 Å². The lowest BCUT2D eigenvalue weighted by Gasteiger charge is -2.31. The molecule has 1 rings (SSSR count). The summed E-state index contributed by atoms with van der Waals surface area (Å²) in [4.78, 5) is 10.7. The predicted octanol–water partition coefficient (Wildman–Crippen LogP) is 3.16. The van der Waals surface area contributed by atoms with Gasteiger partial charge in [-0.05, 0) is 26.8 Å². The molecule has 0 saturated heterocycles. The lowest BCUT2D eigenvalue weighted by atomic mass is 10.1. The summed E-state index contributed by atoms with van der Waals surface area (Å²) in [6, 6.07) is 7.02. The molecule has 0 bridgehead atoms. The summed E-state index contributed by atoms with van der Waals surface area (Å²) in [5, 5.41) is 14.8. The molecule has 0 aliphatic heterocycles. The molecule has 0 fully saturated rings. The van der Waals surface area contributed by atoms with Crippen molar-refractivity contribution in [1.29, 1.82) is 0 Å². The summed E-state index contributed by atoms with van der Waals surface area (Å²) in [5.74, 6) is 0. The van der Waals surface area contributed by atoms with Gasteiger partial charge in [-0.15, -0.1) is 4.91 Å². The molecule has 94 valence electrons. The molecular weight excluding hydrogens is 240 g/mol. The highest BCUT2D eigenvalue weighted by atomic mass is 35.5. The first kappa shape index (κ1) is 13.9. The van der Waals surface area contributed by atoms with Crippen LogP contribution in [0.15, 0.2) is 29.6 Å². The van der Waals surface area contributed by atoms with Gasteiger partial charge in [0.2, 0.25) is 0 Å². The van der Waals surface area contributed by atoms with Crippen molar-refractivity contribution in [3.05, 3.63) is 39.8 Å². The van der Waals surface area contributed by atoms with Crippen molar-refractivity contribution in [2.24, 2.45) is 5.29 Å². The van der Waals surface area contributed by atoms with E-state index in [-0.39, 0.29) is 6.54 Å². The van der Waals surface area contributed by atoms with Crippen molar-refractivity contribution in [1.82, 2.24) is 5.01 Å². The van der Waals surface area contributed by atoms with Crippen LogP contribution in [0, 0.1) is 4.91 Å². The smallest absolute Gasteiger partial charge is 0.0997 e. The Morgan fingerprint density at radius 1 is 1.41 bits per heavy atom. The monoisotopic (exact) mass is 256 g/mol. The van der Waals surface area contributed by atoms with Crippen molar-refractivity contribution < 1.29 is 5.11 Å². The van der Waals surface area contributed by atoms with Crippen LogP contribution in [0.4, 0.5) is 0 Å². The van der Waals surface area contributed by atoms with E-state index in [1.54, 1.807) is 24.3 Å². The van der Waals surface area contributed by atoms with Crippen LogP contribution in [-0.2, 0) is 0 Å². The third kappa shape index (κ3) is 3.68.